The summed E-state index contributed by atoms with van der Waals surface area (Å²) in [6, 6.07) is 6.30. The molecule has 1 atom stereocenters. The van der Waals surface area contributed by atoms with Crippen LogP contribution in [-0.2, 0) is 14.8 Å². The summed E-state index contributed by atoms with van der Waals surface area (Å²) in [6.07, 6.45) is 0. The number of carbonyl (C=O) groups is 1. The number of aliphatic carboxylic acids is 1. The van der Waals surface area contributed by atoms with Crippen molar-refractivity contribution in [3.8, 4) is 0 Å². The lowest BCUT2D eigenvalue weighted by Gasteiger charge is -2.18. The summed E-state index contributed by atoms with van der Waals surface area (Å²) >= 11 is 0. The molecule has 0 aliphatic heterocycles. The van der Waals surface area contributed by atoms with Crippen LogP contribution >= 0.6 is 0 Å². The first kappa shape index (κ1) is 14.6. The molecule has 0 saturated carbocycles. The fraction of sp³-hybridized carbons (Fsp3) is 0.364. The average Bonchev–Trinajstić information content (AvgIpc) is 2.27. The lowest BCUT2D eigenvalue weighted by Crippen LogP contribution is -2.46. The Kier molecular flexibility index (Phi) is 4.10. The zero-order chi connectivity index (χ0) is 14.0. The Bertz CT molecular complexity index is 550. The molecular formula is C11H15NO5S. The molecule has 6 nitrogen and oxygen atoms in total. The third kappa shape index (κ3) is 3.28. The first-order valence-corrected chi connectivity index (χ1v) is 6.66. The van der Waals surface area contributed by atoms with Gasteiger partial charge in [0.1, 0.15) is 0 Å². The van der Waals surface area contributed by atoms with Gasteiger partial charge in [-0.05, 0) is 25.5 Å². The van der Waals surface area contributed by atoms with E-state index in [0.29, 0.717) is 5.56 Å². The van der Waals surface area contributed by atoms with E-state index in [1.165, 1.54) is 6.07 Å². The van der Waals surface area contributed by atoms with Crippen molar-refractivity contribution in [2.45, 2.75) is 24.3 Å². The summed E-state index contributed by atoms with van der Waals surface area (Å²) in [4.78, 5) is 10.7. The molecule has 0 spiro atoms. The van der Waals surface area contributed by atoms with E-state index in [-0.39, 0.29) is 4.90 Å². The lowest BCUT2D eigenvalue weighted by atomic mass is 10.1. The maximum atomic E-state index is 11.9. The standard InChI is InChI=1S/C11H15NO5S/c1-8-5-3-4-6-9(8)18(16,17)12-7-11(2,15)10(13)14/h3-6,12,15H,7H2,1-2H3,(H,13,14). The molecule has 0 aliphatic rings. The second-order valence-electron chi connectivity index (χ2n) is 4.17. The van der Waals surface area contributed by atoms with Crippen molar-refractivity contribution in [2.75, 3.05) is 6.54 Å². The van der Waals surface area contributed by atoms with Gasteiger partial charge in [0.2, 0.25) is 10.0 Å². The number of carboxylic acid groups (broad SMARTS) is 1. The maximum Gasteiger partial charge on any atom is 0.336 e. The van der Waals surface area contributed by atoms with Gasteiger partial charge in [0, 0.05) is 0 Å². The molecule has 0 heterocycles. The summed E-state index contributed by atoms with van der Waals surface area (Å²) < 4.78 is 25.9. The number of carboxylic acids is 1. The fourth-order valence-corrected chi connectivity index (χ4v) is 2.62. The minimum Gasteiger partial charge on any atom is -0.479 e. The minimum absolute atomic E-state index is 0.0613. The Morgan fingerprint density at radius 2 is 1.94 bits per heavy atom. The van der Waals surface area contributed by atoms with E-state index in [9.17, 15) is 18.3 Å². The molecule has 100 valence electrons. The molecule has 0 saturated heterocycles. The van der Waals surface area contributed by atoms with Gasteiger partial charge in [0.25, 0.3) is 0 Å². The summed E-state index contributed by atoms with van der Waals surface area (Å²) in [5.74, 6) is -1.49. The minimum atomic E-state index is -3.83. The third-order valence-electron chi connectivity index (χ3n) is 2.45. The van der Waals surface area contributed by atoms with Crippen LogP contribution in [0.5, 0.6) is 0 Å². The highest BCUT2D eigenvalue weighted by Gasteiger charge is 2.32. The molecule has 0 radical (unpaired) electrons. The number of aliphatic hydroxyl groups is 1. The molecule has 1 rings (SSSR count). The van der Waals surface area contributed by atoms with E-state index in [0.717, 1.165) is 6.92 Å². The number of rotatable bonds is 5. The average molecular weight is 273 g/mol. The van der Waals surface area contributed by atoms with Crippen LogP contribution in [0.2, 0.25) is 0 Å². The number of aryl methyl sites for hydroxylation is 1. The van der Waals surface area contributed by atoms with Gasteiger partial charge in [0.15, 0.2) is 5.60 Å². The number of sulfonamides is 1. The SMILES string of the molecule is Cc1ccccc1S(=O)(=O)NCC(C)(O)C(=O)O. The predicted molar refractivity (Wildman–Crippen MR) is 64.6 cm³/mol. The normalized spacial score (nSPS) is 15.1. The second-order valence-corrected chi connectivity index (χ2v) is 5.90. The van der Waals surface area contributed by atoms with Crippen LogP contribution in [0.15, 0.2) is 29.2 Å². The van der Waals surface area contributed by atoms with Crippen LogP contribution < -0.4 is 4.72 Å². The van der Waals surface area contributed by atoms with Crippen molar-refractivity contribution < 1.29 is 23.4 Å². The van der Waals surface area contributed by atoms with Crippen molar-refractivity contribution in [1.82, 2.24) is 4.72 Å². The first-order valence-electron chi connectivity index (χ1n) is 5.18. The Hall–Kier alpha value is -1.44. The zero-order valence-corrected chi connectivity index (χ0v) is 10.9. The number of nitrogens with one attached hydrogen (secondary N) is 1. The van der Waals surface area contributed by atoms with Crippen LogP contribution in [0.1, 0.15) is 12.5 Å². The molecule has 1 unspecified atom stereocenters. The predicted octanol–water partition coefficient (Wildman–Crippen LogP) is 0.109. The van der Waals surface area contributed by atoms with Gasteiger partial charge in [-0.3, -0.25) is 0 Å². The van der Waals surface area contributed by atoms with E-state index >= 15 is 0 Å². The molecule has 1 aromatic rings. The van der Waals surface area contributed by atoms with E-state index < -0.39 is 28.1 Å². The summed E-state index contributed by atoms with van der Waals surface area (Å²) in [6.45, 7) is 2.05. The van der Waals surface area contributed by atoms with Crippen molar-refractivity contribution in [3.05, 3.63) is 29.8 Å². The topological polar surface area (TPSA) is 104 Å². The Balaban J connectivity index is 2.92. The summed E-state index contributed by atoms with van der Waals surface area (Å²) in [5, 5.41) is 18.1. The van der Waals surface area contributed by atoms with Crippen molar-refractivity contribution in [1.29, 1.82) is 0 Å². The smallest absolute Gasteiger partial charge is 0.336 e. The molecule has 3 N–H and O–H groups in total. The highest BCUT2D eigenvalue weighted by Crippen LogP contribution is 2.14. The van der Waals surface area contributed by atoms with Crippen LogP contribution in [0.25, 0.3) is 0 Å². The van der Waals surface area contributed by atoms with Gasteiger partial charge in [-0.15, -0.1) is 0 Å². The Morgan fingerprint density at radius 1 is 1.39 bits per heavy atom. The number of hydrogen-bond donors (Lipinski definition) is 3. The molecule has 0 amide bonds. The van der Waals surface area contributed by atoms with Gasteiger partial charge >= 0.3 is 5.97 Å². The maximum absolute atomic E-state index is 11.9. The highest BCUT2D eigenvalue weighted by molar-refractivity contribution is 7.89. The monoisotopic (exact) mass is 273 g/mol. The lowest BCUT2D eigenvalue weighted by molar-refractivity contribution is -0.155. The molecule has 0 bridgehead atoms. The quantitative estimate of drug-likeness (QED) is 0.706. The molecule has 18 heavy (non-hydrogen) atoms. The second kappa shape index (κ2) is 5.05. The first-order chi connectivity index (χ1) is 8.17. The highest BCUT2D eigenvalue weighted by atomic mass is 32.2. The van der Waals surface area contributed by atoms with Crippen LogP contribution in [0, 0.1) is 6.92 Å². The van der Waals surface area contributed by atoms with E-state index in [2.05, 4.69) is 4.72 Å². The summed E-state index contributed by atoms with van der Waals surface area (Å²) in [5.41, 5.74) is -1.60. The molecule has 0 aromatic heterocycles. The Morgan fingerprint density at radius 3 is 2.44 bits per heavy atom. The van der Waals surface area contributed by atoms with E-state index in [1.54, 1.807) is 25.1 Å². The van der Waals surface area contributed by atoms with Gasteiger partial charge < -0.3 is 10.2 Å². The van der Waals surface area contributed by atoms with Crippen molar-refractivity contribution >= 4 is 16.0 Å². The number of benzene rings is 1. The van der Waals surface area contributed by atoms with Gasteiger partial charge in [0.05, 0.1) is 11.4 Å². The van der Waals surface area contributed by atoms with E-state index in [4.69, 9.17) is 5.11 Å². The molecular weight excluding hydrogens is 258 g/mol. The molecule has 0 fully saturated rings. The number of hydrogen-bond acceptors (Lipinski definition) is 4. The van der Waals surface area contributed by atoms with Crippen LogP contribution in [0.3, 0.4) is 0 Å². The Labute approximate surface area is 105 Å². The van der Waals surface area contributed by atoms with Crippen LogP contribution in [0.4, 0.5) is 0 Å². The summed E-state index contributed by atoms with van der Waals surface area (Å²) in [7, 11) is -3.83. The van der Waals surface area contributed by atoms with Gasteiger partial charge in [-0.2, -0.15) is 0 Å². The zero-order valence-electron chi connectivity index (χ0n) is 10.0. The fourth-order valence-electron chi connectivity index (χ4n) is 1.25. The van der Waals surface area contributed by atoms with Crippen LogP contribution in [-0.4, -0.2) is 36.7 Å². The third-order valence-corrected chi connectivity index (χ3v) is 4.01. The van der Waals surface area contributed by atoms with Gasteiger partial charge in [-0.1, -0.05) is 18.2 Å². The van der Waals surface area contributed by atoms with Gasteiger partial charge in [-0.25, -0.2) is 17.9 Å². The van der Waals surface area contributed by atoms with Crippen molar-refractivity contribution in [2.24, 2.45) is 0 Å². The largest absolute Gasteiger partial charge is 0.479 e. The molecule has 0 aliphatic carbocycles. The molecule has 7 heteroatoms. The van der Waals surface area contributed by atoms with E-state index in [1.807, 2.05) is 0 Å². The molecule has 1 aromatic carbocycles. The van der Waals surface area contributed by atoms with Crippen molar-refractivity contribution in [3.63, 3.8) is 0 Å².